The molecule has 0 aliphatic rings. The molecule has 6 nitrogen and oxygen atoms in total. The van der Waals surface area contributed by atoms with Crippen LogP contribution in [0, 0.1) is 5.92 Å². The van der Waals surface area contributed by atoms with Crippen LogP contribution in [-0.4, -0.2) is 25.0 Å². The Hall–Kier alpha value is -3.02. The van der Waals surface area contributed by atoms with E-state index in [-0.39, 0.29) is 18.4 Å². The van der Waals surface area contributed by atoms with E-state index < -0.39 is 0 Å². The third-order valence-electron chi connectivity index (χ3n) is 4.18. The third-order valence-corrected chi connectivity index (χ3v) is 4.18. The Bertz CT molecular complexity index is 788. The predicted molar refractivity (Wildman–Crippen MR) is 118 cm³/mol. The number of carbonyl (C=O) groups excluding carboxylic acids is 2. The van der Waals surface area contributed by atoms with E-state index in [0.717, 1.165) is 24.3 Å². The molecule has 0 aliphatic carbocycles. The molecule has 0 aromatic heterocycles. The molecule has 0 heterocycles. The number of carbonyl (C=O) groups is 2. The van der Waals surface area contributed by atoms with E-state index in [1.807, 2.05) is 55.5 Å². The highest BCUT2D eigenvalue weighted by Gasteiger charge is 2.05. The standard InChI is InChI=1S/C23H31N3O3/c1-4-6-22(27)26-20-8-5-7-19(15-20)24-16-23(28)25-18-9-11-21(12-10-18)29-14-13-17(2)3/h5,7-12,15,17,24H,4,6,13-14,16H2,1-3H3,(H,25,28)(H,26,27). The lowest BCUT2D eigenvalue weighted by Gasteiger charge is -2.11. The Morgan fingerprint density at radius 3 is 2.31 bits per heavy atom. The van der Waals surface area contributed by atoms with Crippen LogP contribution in [0.2, 0.25) is 0 Å². The number of rotatable bonds is 11. The number of nitrogens with one attached hydrogen (secondary N) is 3. The van der Waals surface area contributed by atoms with Gasteiger partial charge in [-0.15, -0.1) is 0 Å². The second-order valence-corrected chi connectivity index (χ2v) is 7.34. The van der Waals surface area contributed by atoms with Crippen molar-refractivity contribution < 1.29 is 14.3 Å². The minimum absolute atomic E-state index is 0.0148. The van der Waals surface area contributed by atoms with Crippen molar-refractivity contribution in [3.05, 3.63) is 48.5 Å². The highest BCUT2D eigenvalue weighted by atomic mass is 16.5. The summed E-state index contributed by atoms with van der Waals surface area (Å²) in [5, 5.41) is 8.77. The smallest absolute Gasteiger partial charge is 0.243 e. The van der Waals surface area contributed by atoms with Gasteiger partial charge in [-0.25, -0.2) is 0 Å². The first-order valence-electron chi connectivity index (χ1n) is 10.1. The van der Waals surface area contributed by atoms with Crippen LogP contribution in [0.4, 0.5) is 17.1 Å². The van der Waals surface area contributed by atoms with Crippen LogP contribution in [0.1, 0.15) is 40.0 Å². The minimum Gasteiger partial charge on any atom is -0.494 e. The molecule has 2 aromatic rings. The second-order valence-electron chi connectivity index (χ2n) is 7.34. The largest absolute Gasteiger partial charge is 0.494 e. The maximum atomic E-state index is 12.2. The van der Waals surface area contributed by atoms with Gasteiger partial charge in [0.25, 0.3) is 0 Å². The number of ether oxygens (including phenoxy) is 1. The fourth-order valence-corrected chi connectivity index (χ4v) is 2.59. The summed E-state index contributed by atoms with van der Waals surface area (Å²) in [7, 11) is 0. The molecule has 2 amide bonds. The van der Waals surface area contributed by atoms with E-state index in [1.165, 1.54) is 0 Å². The van der Waals surface area contributed by atoms with Gasteiger partial charge >= 0.3 is 0 Å². The van der Waals surface area contributed by atoms with E-state index in [2.05, 4.69) is 29.8 Å². The van der Waals surface area contributed by atoms with Crippen LogP contribution in [0.25, 0.3) is 0 Å². The van der Waals surface area contributed by atoms with Crippen molar-refractivity contribution in [1.29, 1.82) is 0 Å². The van der Waals surface area contributed by atoms with Gasteiger partial charge in [0.1, 0.15) is 5.75 Å². The van der Waals surface area contributed by atoms with Crippen LogP contribution in [0.5, 0.6) is 5.75 Å². The van der Waals surface area contributed by atoms with E-state index in [0.29, 0.717) is 30.3 Å². The quantitative estimate of drug-likeness (QED) is 0.504. The Kier molecular flexibility index (Phi) is 9.02. The molecule has 0 atom stereocenters. The number of amides is 2. The average molecular weight is 398 g/mol. The van der Waals surface area contributed by atoms with Crippen molar-refractivity contribution in [2.45, 2.75) is 40.0 Å². The number of hydrogen-bond acceptors (Lipinski definition) is 4. The van der Waals surface area contributed by atoms with Crippen LogP contribution >= 0.6 is 0 Å². The molecule has 0 saturated carbocycles. The van der Waals surface area contributed by atoms with Crippen molar-refractivity contribution in [3.63, 3.8) is 0 Å². The Labute approximate surface area is 173 Å². The lowest BCUT2D eigenvalue weighted by Crippen LogP contribution is -2.21. The van der Waals surface area contributed by atoms with Gasteiger partial charge in [-0.3, -0.25) is 9.59 Å². The molecule has 3 N–H and O–H groups in total. The predicted octanol–water partition coefficient (Wildman–Crippen LogP) is 4.90. The normalized spacial score (nSPS) is 10.5. The number of benzene rings is 2. The van der Waals surface area contributed by atoms with Crippen molar-refractivity contribution in [1.82, 2.24) is 0 Å². The zero-order chi connectivity index (χ0) is 21.1. The van der Waals surface area contributed by atoms with Gasteiger partial charge in [0.2, 0.25) is 11.8 Å². The van der Waals surface area contributed by atoms with Crippen molar-refractivity contribution in [2.24, 2.45) is 5.92 Å². The molecule has 0 aliphatic heterocycles. The molecule has 0 bridgehead atoms. The molecular weight excluding hydrogens is 366 g/mol. The van der Waals surface area contributed by atoms with Crippen molar-refractivity contribution >= 4 is 28.9 Å². The van der Waals surface area contributed by atoms with Crippen LogP contribution in [0.15, 0.2) is 48.5 Å². The Balaban J connectivity index is 1.78. The number of anilines is 3. The lowest BCUT2D eigenvalue weighted by molar-refractivity contribution is -0.116. The monoisotopic (exact) mass is 397 g/mol. The van der Waals surface area contributed by atoms with Gasteiger partial charge in [-0.1, -0.05) is 26.8 Å². The van der Waals surface area contributed by atoms with Gasteiger partial charge < -0.3 is 20.7 Å². The lowest BCUT2D eigenvalue weighted by atomic mass is 10.1. The van der Waals surface area contributed by atoms with E-state index in [1.54, 1.807) is 0 Å². The second kappa shape index (κ2) is 11.7. The molecule has 0 spiro atoms. The first kappa shape index (κ1) is 22.3. The first-order valence-corrected chi connectivity index (χ1v) is 10.1. The molecule has 6 heteroatoms. The fraction of sp³-hybridized carbons (Fsp3) is 0.391. The van der Waals surface area contributed by atoms with Crippen LogP contribution in [0.3, 0.4) is 0 Å². The Morgan fingerprint density at radius 2 is 1.62 bits per heavy atom. The summed E-state index contributed by atoms with van der Waals surface area (Å²) in [6.45, 7) is 7.09. The summed E-state index contributed by atoms with van der Waals surface area (Å²) in [5.41, 5.74) is 2.19. The van der Waals surface area contributed by atoms with Crippen LogP contribution < -0.4 is 20.7 Å². The highest BCUT2D eigenvalue weighted by Crippen LogP contribution is 2.17. The molecule has 0 unspecified atom stereocenters. The fourth-order valence-electron chi connectivity index (χ4n) is 2.59. The maximum Gasteiger partial charge on any atom is 0.243 e. The van der Waals surface area contributed by atoms with Gasteiger partial charge in [0.15, 0.2) is 0 Å². The third kappa shape index (κ3) is 8.68. The van der Waals surface area contributed by atoms with Crippen LogP contribution in [-0.2, 0) is 9.59 Å². The summed E-state index contributed by atoms with van der Waals surface area (Å²) >= 11 is 0. The molecule has 156 valence electrons. The molecule has 0 radical (unpaired) electrons. The minimum atomic E-state index is -0.154. The van der Waals surface area contributed by atoms with Crippen molar-refractivity contribution in [3.8, 4) is 5.75 Å². The van der Waals surface area contributed by atoms with Gasteiger partial charge in [-0.05, 0) is 61.2 Å². The number of hydrogen-bond donors (Lipinski definition) is 3. The van der Waals surface area contributed by atoms with Gasteiger partial charge in [0, 0.05) is 23.5 Å². The van der Waals surface area contributed by atoms with E-state index in [4.69, 9.17) is 4.74 Å². The van der Waals surface area contributed by atoms with E-state index >= 15 is 0 Å². The van der Waals surface area contributed by atoms with Crippen molar-refractivity contribution in [2.75, 3.05) is 29.1 Å². The first-order chi connectivity index (χ1) is 14.0. The van der Waals surface area contributed by atoms with Gasteiger partial charge in [0.05, 0.1) is 13.2 Å². The molecule has 0 saturated heterocycles. The zero-order valence-corrected chi connectivity index (χ0v) is 17.5. The Morgan fingerprint density at radius 1 is 0.931 bits per heavy atom. The maximum absolute atomic E-state index is 12.2. The summed E-state index contributed by atoms with van der Waals surface area (Å²) in [4.78, 5) is 23.9. The topological polar surface area (TPSA) is 79.5 Å². The summed E-state index contributed by atoms with van der Waals surface area (Å²) < 4.78 is 5.68. The molecule has 0 fully saturated rings. The zero-order valence-electron chi connectivity index (χ0n) is 17.5. The van der Waals surface area contributed by atoms with Gasteiger partial charge in [-0.2, -0.15) is 0 Å². The summed E-state index contributed by atoms with van der Waals surface area (Å²) in [5.74, 6) is 1.23. The molecule has 2 rings (SSSR count). The van der Waals surface area contributed by atoms with E-state index in [9.17, 15) is 9.59 Å². The SMILES string of the molecule is CCCC(=O)Nc1cccc(NCC(=O)Nc2ccc(OCCC(C)C)cc2)c1. The molecule has 2 aromatic carbocycles. The molecule has 29 heavy (non-hydrogen) atoms. The highest BCUT2D eigenvalue weighted by molar-refractivity contribution is 5.94. The summed E-state index contributed by atoms with van der Waals surface area (Å²) in [6.07, 6.45) is 2.30. The average Bonchev–Trinajstić information content (AvgIpc) is 2.68. The molecular formula is C23H31N3O3. The summed E-state index contributed by atoms with van der Waals surface area (Å²) in [6, 6.07) is 14.7.